The third-order valence-corrected chi connectivity index (χ3v) is 2.78. The minimum Gasteiger partial charge on any atom is -0.491 e. The van der Waals surface area contributed by atoms with E-state index in [9.17, 15) is 0 Å². The van der Waals surface area contributed by atoms with Crippen LogP contribution in [0.15, 0.2) is 36.4 Å². The summed E-state index contributed by atoms with van der Waals surface area (Å²) >= 11 is 5.92. The van der Waals surface area contributed by atoms with Crippen molar-refractivity contribution in [1.82, 2.24) is 4.98 Å². The lowest BCUT2D eigenvalue weighted by Gasteiger charge is -2.10. The number of hydrogen-bond donors (Lipinski definition) is 0. The number of hydrogen-bond acceptors (Lipinski definition) is 3. The second-order valence-corrected chi connectivity index (χ2v) is 4.70. The summed E-state index contributed by atoms with van der Waals surface area (Å²) in [4.78, 5) is 4.21. The molecule has 0 saturated heterocycles. The van der Waals surface area contributed by atoms with Crippen LogP contribution in [0, 0.1) is 11.3 Å². The average Bonchev–Trinajstić information content (AvgIpc) is 2.39. The second kappa shape index (κ2) is 5.73. The van der Waals surface area contributed by atoms with Gasteiger partial charge in [0.15, 0.2) is 0 Å². The van der Waals surface area contributed by atoms with E-state index in [1.807, 2.05) is 44.2 Å². The van der Waals surface area contributed by atoms with Crippen molar-refractivity contribution in [3.8, 4) is 23.1 Å². The highest BCUT2D eigenvalue weighted by molar-refractivity contribution is 6.30. The SMILES string of the molecule is CC(C)Oc1ccc(-c2ccc(C#N)c(Cl)n2)cc1. The lowest BCUT2D eigenvalue weighted by Crippen LogP contribution is -2.05. The molecule has 0 aliphatic carbocycles. The van der Waals surface area contributed by atoms with Gasteiger partial charge >= 0.3 is 0 Å². The van der Waals surface area contributed by atoms with Crippen LogP contribution in [-0.4, -0.2) is 11.1 Å². The average molecular weight is 273 g/mol. The first-order valence-electron chi connectivity index (χ1n) is 5.94. The summed E-state index contributed by atoms with van der Waals surface area (Å²) in [6.07, 6.45) is 0.147. The van der Waals surface area contributed by atoms with E-state index in [-0.39, 0.29) is 11.3 Å². The molecule has 0 fully saturated rings. The standard InChI is InChI=1S/C15H13ClN2O/c1-10(2)19-13-6-3-11(4-7-13)14-8-5-12(9-17)15(16)18-14/h3-8,10H,1-2H3. The Kier molecular flexibility index (Phi) is 4.03. The smallest absolute Gasteiger partial charge is 0.147 e. The fourth-order valence-corrected chi connectivity index (χ4v) is 1.85. The number of nitriles is 1. The second-order valence-electron chi connectivity index (χ2n) is 4.34. The van der Waals surface area contributed by atoms with Gasteiger partial charge in [0.2, 0.25) is 0 Å². The fourth-order valence-electron chi connectivity index (χ4n) is 1.65. The van der Waals surface area contributed by atoms with E-state index in [0.717, 1.165) is 17.0 Å². The first-order valence-corrected chi connectivity index (χ1v) is 6.31. The van der Waals surface area contributed by atoms with Crippen LogP contribution in [0.4, 0.5) is 0 Å². The molecule has 0 radical (unpaired) electrons. The van der Waals surface area contributed by atoms with Crippen molar-refractivity contribution in [2.75, 3.05) is 0 Å². The van der Waals surface area contributed by atoms with E-state index in [4.69, 9.17) is 21.6 Å². The largest absolute Gasteiger partial charge is 0.491 e. The molecule has 0 aliphatic heterocycles. The molecule has 19 heavy (non-hydrogen) atoms. The van der Waals surface area contributed by atoms with Gasteiger partial charge < -0.3 is 4.74 Å². The van der Waals surface area contributed by atoms with Crippen molar-refractivity contribution in [2.24, 2.45) is 0 Å². The third kappa shape index (κ3) is 3.24. The zero-order valence-corrected chi connectivity index (χ0v) is 11.5. The lowest BCUT2D eigenvalue weighted by atomic mass is 10.1. The number of rotatable bonds is 3. The van der Waals surface area contributed by atoms with Gasteiger partial charge in [-0.3, -0.25) is 0 Å². The number of halogens is 1. The maximum absolute atomic E-state index is 8.81. The van der Waals surface area contributed by atoms with E-state index in [1.54, 1.807) is 12.1 Å². The zero-order chi connectivity index (χ0) is 13.8. The molecule has 0 bridgehead atoms. The van der Waals surface area contributed by atoms with Crippen LogP contribution in [0.5, 0.6) is 5.75 Å². The summed E-state index contributed by atoms with van der Waals surface area (Å²) in [6.45, 7) is 3.96. The maximum atomic E-state index is 8.81. The first kappa shape index (κ1) is 13.4. The third-order valence-electron chi connectivity index (χ3n) is 2.49. The minimum absolute atomic E-state index is 0.147. The molecule has 0 amide bonds. The Hall–Kier alpha value is -2.05. The van der Waals surface area contributed by atoms with Gasteiger partial charge in [0.1, 0.15) is 17.0 Å². The zero-order valence-electron chi connectivity index (χ0n) is 10.7. The summed E-state index contributed by atoms with van der Waals surface area (Å²) < 4.78 is 5.58. The molecule has 0 spiro atoms. The van der Waals surface area contributed by atoms with Gasteiger partial charge in [0, 0.05) is 5.56 Å². The minimum atomic E-state index is 0.147. The Labute approximate surface area is 117 Å². The molecule has 96 valence electrons. The molecule has 0 aliphatic rings. The van der Waals surface area contributed by atoms with Crippen molar-refractivity contribution in [2.45, 2.75) is 20.0 Å². The first-order chi connectivity index (χ1) is 9.10. The van der Waals surface area contributed by atoms with Gasteiger partial charge in [-0.15, -0.1) is 0 Å². The maximum Gasteiger partial charge on any atom is 0.147 e. The van der Waals surface area contributed by atoms with Crippen LogP contribution in [0.3, 0.4) is 0 Å². The van der Waals surface area contributed by atoms with Gasteiger partial charge in [-0.1, -0.05) is 11.6 Å². The van der Waals surface area contributed by atoms with Crippen LogP contribution in [-0.2, 0) is 0 Å². The summed E-state index contributed by atoms with van der Waals surface area (Å²) in [5, 5.41) is 9.03. The number of nitrogens with zero attached hydrogens (tertiary/aromatic N) is 2. The monoisotopic (exact) mass is 272 g/mol. The van der Waals surface area contributed by atoms with Crippen molar-refractivity contribution >= 4 is 11.6 Å². The van der Waals surface area contributed by atoms with Gasteiger partial charge in [0.05, 0.1) is 17.4 Å². The number of benzene rings is 1. The summed E-state index contributed by atoms with van der Waals surface area (Å²) in [5.41, 5.74) is 2.05. The van der Waals surface area contributed by atoms with Gasteiger partial charge in [-0.25, -0.2) is 4.98 Å². The molecule has 3 nitrogen and oxygen atoms in total. The topological polar surface area (TPSA) is 45.9 Å². The van der Waals surface area contributed by atoms with Crippen LogP contribution < -0.4 is 4.74 Å². The summed E-state index contributed by atoms with van der Waals surface area (Å²) in [7, 11) is 0. The predicted octanol–water partition coefficient (Wildman–Crippen LogP) is 4.06. The number of ether oxygens (including phenoxy) is 1. The lowest BCUT2D eigenvalue weighted by molar-refractivity contribution is 0.242. The summed E-state index contributed by atoms with van der Waals surface area (Å²) in [5.74, 6) is 0.818. The van der Waals surface area contributed by atoms with Gasteiger partial charge in [0.25, 0.3) is 0 Å². The van der Waals surface area contributed by atoms with Gasteiger partial charge in [-0.2, -0.15) is 5.26 Å². The Morgan fingerprint density at radius 1 is 1.16 bits per heavy atom. The Morgan fingerprint density at radius 2 is 1.84 bits per heavy atom. The molecular weight excluding hydrogens is 260 g/mol. The van der Waals surface area contributed by atoms with Crippen LogP contribution in [0.25, 0.3) is 11.3 Å². The van der Waals surface area contributed by atoms with Crippen molar-refractivity contribution < 1.29 is 4.74 Å². The highest BCUT2D eigenvalue weighted by Crippen LogP contribution is 2.24. The molecule has 1 aromatic carbocycles. The molecule has 0 atom stereocenters. The van der Waals surface area contributed by atoms with Crippen molar-refractivity contribution in [1.29, 1.82) is 5.26 Å². The molecule has 2 aromatic rings. The van der Waals surface area contributed by atoms with Crippen LogP contribution >= 0.6 is 11.6 Å². The Balaban J connectivity index is 2.27. The molecule has 1 aromatic heterocycles. The molecule has 0 saturated carbocycles. The van der Waals surface area contributed by atoms with E-state index in [1.165, 1.54) is 0 Å². The Morgan fingerprint density at radius 3 is 2.37 bits per heavy atom. The highest BCUT2D eigenvalue weighted by atomic mass is 35.5. The number of pyridine rings is 1. The molecule has 0 N–H and O–H groups in total. The molecular formula is C15H13ClN2O. The molecule has 2 rings (SSSR count). The Bertz CT molecular complexity index is 615. The summed E-state index contributed by atoms with van der Waals surface area (Å²) in [6, 6.07) is 13.1. The van der Waals surface area contributed by atoms with Crippen LogP contribution in [0.1, 0.15) is 19.4 Å². The van der Waals surface area contributed by atoms with E-state index >= 15 is 0 Å². The normalized spacial score (nSPS) is 10.3. The predicted molar refractivity (Wildman–Crippen MR) is 75.2 cm³/mol. The van der Waals surface area contributed by atoms with E-state index in [2.05, 4.69) is 4.98 Å². The molecule has 0 unspecified atom stereocenters. The van der Waals surface area contributed by atoms with Crippen LogP contribution in [0.2, 0.25) is 5.15 Å². The van der Waals surface area contributed by atoms with Crippen molar-refractivity contribution in [3.05, 3.63) is 47.1 Å². The van der Waals surface area contributed by atoms with E-state index < -0.39 is 0 Å². The quantitative estimate of drug-likeness (QED) is 0.792. The van der Waals surface area contributed by atoms with Gasteiger partial charge in [-0.05, 0) is 50.2 Å². The number of aromatic nitrogens is 1. The van der Waals surface area contributed by atoms with E-state index in [0.29, 0.717) is 5.56 Å². The molecule has 4 heteroatoms. The van der Waals surface area contributed by atoms with Crippen molar-refractivity contribution in [3.63, 3.8) is 0 Å². The fraction of sp³-hybridized carbons (Fsp3) is 0.200. The molecule has 1 heterocycles. The highest BCUT2D eigenvalue weighted by Gasteiger charge is 2.05.